The first-order chi connectivity index (χ1) is 9.81. The molecule has 0 saturated heterocycles. The number of pyridine rings is 1. The number of nitrogens with zero attached hydrogens (tertiary/aromatic N) is 1. The van der Waals surface area contributed by atoms with Crippen LogP contribution in [0.1, 0.15) is 10.4 Å². The molecule has 1 aromatic heterocycles. The van der Waals surface area contributed by atoms with Gasteiger partial charge in [-0.15, -0.1) is 0 Å². The third kappa shape index (κ3) is 3.37. The maximum absolute atomic E-state index is 13.5. The first-order valence-electron chi connectivity index (χ1n) is 5.47. The highest BCUT2D eigenvalue weighted by Gasteiger charge is 2.21. The molecule has 2 aromatic rings. The van der Waals surface area contributed by atoms with Crippen LogP contribution in [0.25, 0.3) is 0 Å². The van der Waals surface area contributed by atoms with Gasteiger partial charge in [0.25, 0.3) is 10.0 Å². The molecule has 9 heteroatoms. The average molecular weight is 375 g/mol. The second-order valence-electron chi connectivity index (χ2n) is 3.90. The summed E-state index contributed by atoms with van der Waals surface area (Å²) >= 11 is 3.05. The van der Waals surface area contributed by atoms with Crippen LogP contribution in [0, 0.1) is 5.82 Å². The second kappa shape index (κ2) is 5.78. The van der Waals surface area contributed by atoms with Gasteiger partial charge in [-0.25, -0.2) is 14.2 Å². The summed E-state index contributed by atoms with van der Waals surface area (Å²) < 4.78 is 39.9. The number of carboxylic acid groups (broad SMARTS) is 1. The van der Waals surface area contributed by atoms with Crippen molar-refractivity contribution in [2.45, 2.75) is 5.03 Å². The summed E-state index contributed by atoms with van der Waals surface area (Å²) in [7, 11) is -4.21. The van der Waals surface area contributed by atoms with Gasteiger partial charge in [-0.1, -0.05) is 0 Å². The van der Waals surface area contributed by atoms with Crippen molar-refractivity contribution in [2.75, 3.05) is 4.72 Å². The molecule has 0 unspecified atom stereocenters. The zero-order valence-electron chi connectivity index (χ0n) is 10.2. The fourth-order valence-corrected chi connectivity index (χ4v) is 3.19. The fourth-order valence-electron chi connectivity index (χ4n) is 1.49. The number of halogens is 2. The van der Waals surface area contributed by atoms with Gasteiger partial charge in [-0.3, -0.25) is 4.72 Å². The molecule has 0 saturated carbocycles. The molecule has 0 aliphatic heterocycles. The Balaban J connectivity index is 2.38. The zero-order chi connectivity index (χ0) is 15.6. The van der Waals surface area contributed by atoms with Crippen molar-refractivity contribution in [3.63, 3.8) is 0 Å². The molecule has 21 heavy (non-hydrogen) atoms. The molecular weight excluding hydrogens is 367 g/mol. The van der Waals surface area contributed by atoms with Gasteiger partial charge in [-0.2, -0.15) is 8.42 Å². The minimum Gasteiger partial charge on any atom is -0.478 e. The summed E-state index contributed by atoms with van der Waals surface area (Å²) in [4.78, 5) is 14.3. The van der Waals surface area contributed by atoms with E-state index in [1.165, 1.54) is 24.3 Å². The van der Waals surface area contributed by atoms with Gasteiger partial charge in [0.2, 0.25) is 5.03 Å². The Kier molecular flexibility index (Phi) is 4.24. The molecule has 0 fully saturated rings. The van der Waals surface area contributed by atoms with Crippen LogP contribution in [-0.2, 0) is 10.0 Å². The normalized spacial score (nSPS) is 11.1. The number of aromatic nitrogens is 1. The highest BCUT2D eigenvalue weighted by atomic mass is 79.9. The Hall–Kier alpha value is -2.00. The van der Waals surface area contributed by atoms with Gasteiger partial charge in [0.15, 0.2) is 5.82 Å². The van der Waals surface area contributed by atoms with Gasteiger partial charge < -0.3 is 5.11 Å². The molecule has 0 amide bonds. The van der Waals surface area contributed by atoms with Crippen LogP contribution in [0.15, 0.2) is 46.0 Å². The third-order valence-electron chi connectivity index (χ3n) is 2.44. The first kappa shape index (κ1) is 15.4. The van der Waals surface area contributed by atoms with Crippen LogP contribution in [0.5, 0.6) is 0 Å². The van der Waals surface area contributed by atoms with Crippen LogP contribution in [0.4, 0.5) is 10.1 Å². The molecule has 0 atom stereocenters. The number of sulfonamides is 1. The van der Waals surface area contributed by atoms with Crippen molar-refractivity contribution < 1.29 is 22.7 Å². The summed E-state index contributed by atoms with van der Waals surface area (Å²) in [5, 5.41) is 8.09. The summed E-state index contributed by atoms with van der Waals surface area (Å²) in [6.45, 7) is 0. The van der Waals surface area contributed by atoms with Crippen LogP contribution in [-0.4, -0.2) is 24.5 Å². The molecule has 0 spiro atoms. The van der Waals surface area contributed by atoms with E-state index < -0.39 is 26.8 Å². The van der Waals surface area contributed by atoms with E-state index in [4.69, 9.17) is 5.11 Å². The molecule has 0 aliphatic carbocycles. The van der Waals surface area contributed by atoms with Crippen LogP contribution in [0.2, 0.25) is 0 Å². The number of anilines is 1. The van der Waals surface area contributed by atoms with Gasteiger partial charge in [0.1, 0.15) is 0 Å². The predicted octanol–water partition coefficient (Wildman–Crippen LogP) is 2.48. The number of nitrogens with one attached hydrogen (secondary N) is 1. The Morgan fingerprint density at radius 2 is 2.05 bits per heavy atom. The highest BCUT2D eigenvalue weighted by Crippen LogP contribution is 2.26. The van der Waals surface area contributed by atoms with Crippen molar-refractivity contribution in [1.29, 1.82) is 0 Å². The van der Waals surface area contributed by atoms with Crippen molar-refractivity contribution in [1.82, 2.24) is 4.98 Å². The lowest BCUT2D eigenvalue weighted by atomic mass is 10.2. The van der Waals surface area contributed by atoms with Crippen molar-refractivity contribution >= 4 is 37.6 Å². The number of hydrogen-bond donors (Lipinski definition) is 2. The maximum atomic E-state index is 13.5. The van der Waals surface area contributed by atoms with E-state index in [2.05, 4.69) is 25.6 Å². The quantitative estimate of drug-likeness (QED) is 0.856. The van der Waals surface area contributed by atoms with Crippen LogP contribution >= 0.6 is 15.9 Å². The predicted molar refractivity (Wildman–Crippen MR) is 76.1 cm³/mol. The largest absolute Gasteiger partial charge is 0.478 e. The number of carbonyl (C=O) groups is 1. The number of hydrogen-bond acceptors (Lipinski definition) is 4. The molecule has 0 bridgehead atoms. The molecule has 2 rings (SSSR count). The van der Waals surface area contributed by atoms with Crippen molar-refractivity contribution in [3.8, 4) is 0 Å². The average Bonchev–Trinajstić information content (AvgIpc) is 2.41. The Labute approximate surface area is 127 Å². The number of aromatic carboxylic acids is 1. The first-order valence-corrected chi connectivity index (χ1v) is 7.75. The van der Waals surface area contributed by atoms with E-state index in [1.807, 2.05) is 0 Å². The Morgan fingerprint density at radius 1 is 1.33 bits per heavy atom. The van der Waals surface area contributed by atoms with Gasteiger partial charge in [0.05, 0.1) is 11.3 Å². The molecule has 2 N–H and O–H groups in total. The van der Waals surface area contributed by atoms with Gasteiger partial charge in [-0.05, 0) is 46.3 Å². The van der Waals surface area contributed by atoms with E-state index in [9.17, 15) is 17.6 Å². The third-order valence-corrected chi connectivity index (χ3v) is 4.39. The Bertz CT molecular complexity index is 811. The topological polar surface area (TPSA) is 96.4 Å². The van der Waals surface area contributed by atoms with E-state index in [-0.39, 0.29) is 15.7 Å². The van der Waals surface area contributed by atoms with Crippen LogP contribution in [0.3, 0.4) is 0 Å². The molecule has 1 heterocycles. The van der Waals surface area contributed by atoms with E-state index in [0.717, 1.165) is 12.3 Å². The van der Waals surface area contributed by atoms with Crippen molar-refractivity contribution in [2.24, 2.45) is 0 Å². The molecule has 0 aliphatic rings. The number of benzene rings is 1. The van der Waals surface area contributed by atoms with Crippen molar-refractivity contribution in [3.05, 3.63) is 52.4 Å². The summed E-state index contributed by atoms with van der Waals surface area (Å²) in [5.41, 5.74) is 0.0545. The number of carboxylic acids is 1. The highest BCUT2D eigenvalue weighted by molar-refractivity contribution is 9.10. The molecular formula is C12H8BrFN2O4S. The minimum atomic E-state index is -4.21. The SMILES string of the molecule is O=C(O)c1ccc(NS(=O)(=O)c2ncccc2F)c(Br)c1. The minimum absolute atomic E-state index is 0.0196. The standard InChI is InChI=1S/C12H8BrFN2O4S/c13-8-6-7(12(17)18)3-4-10(8)16-21(19,20)11-9(14)2-1-5-15-11/h1-6,16H,(H,17,18). The molecule has 1 aromatic carbocycles. The summed E-state index contributed by atoms with van der Waals surface area (Å²) in [6, 6.07) is 5.96. The zero-order valence-corrected chi connectivity index (χ0v) is 12.6. The van der Waals surface area contributed by atoms with E-state index >= 15 is 0 Å². The molecule has 110 valence electrons. The summed E-state index contributed by atoms with van der Waals surface area (Å²) in [5.74, 6) is -2.14. The van der Waals surface area contributed by atoms with Crippen LogP contribution < -0.4 is 4.72 Å². The summed E-state index contributed by atoms with van der Waals surface area (Å²) in [6.07, 6.45) is 1.15. The lowest BCUT2D eigenvalue weighted by Crippen LogP contribution is -2.16. The van der Waals surface area contributed by atoms with E-state index in [0.29, 0.717) is 0 Å². The lowest BCUT2D eigenvalue weighted by Gasteiger charge is -2.10. The fraction of sp³-hybridized carbons (Fsp3) is 0. The molecule has 0 radical (unpaired) electrons. The second-order valence-corrected chi connectivity index (χ2v) is 6.35. The lowest BCUT2D eigenvalue weighted by molar-refractivity contribution is 0.0697. The Morgan fingerprint density at radius 3 is 2.62 bits per heavy atom. The molecule has 6 nitrogen and oxygen atoms in total. The number of rotatable bonds is 4. The van der Waals surface area contributed by atoms with Gasteiger partial charge >= 0.3 is 5.97 Å². The smallest absolute Gasteiger partial charge is 0.335 e. The van der Waals surface area contributed by atoms with E-state index in [1.54, 1.807) is 0 Å². The maximum Gasteiger partial charge on any atom is 0.335 e. The monoisotopic (exact) mass is 374 g/mol. The van der Waals surface area contributed by atoms with Gasteiger partial charge in [0, 0.05) is 10.7 Å².